The van der Waals surface area contributed by atoms with Gasteiger partial charge >= 0.3 is 0 Å². The Morgan fingerprint density at radius 2 is 1.82 bits per heavy atom. The first-order valence-electron chi connectivity index (χ1n) is 9.62. The molecular formula is C21H19ClFN7O2S. The summed E-state index contributed by atoms with van der Waals surface area (Å²) < 4.78 is 37.8. The van der Waals surface area contributed by atoms with Crippen LogP contribution in [0.1, 0.15) is 11.3 Å². The molecule has 0 aliphatic rings. The number of primary sulfonamides is 1. The lowest BCUT2D eigenvalue weighted by molar-refractivity contribution is 0.598. The predicted molar refractivity (Wildman–Crippen MR) is 125 cm³/mol. The Balaban J connectivity index is 1.59. The topological polar surface area (TPSA) is 139 Å². The van der Waals surface area contributed by atoms with Crippen LogP contribution in [-0.2, 0) is 10.0 Å². The summed E-state index contributed by atoms with van der Waals surface area (Å²) in [6.45, 7) is 3.67. The summed E-state index contributed by atoms with van der Waals surface area (Å²) in [4.78, 5) is 8.39. The molecule has 2 aromatic heterocycles. The van der Waals surface area contributed by atoms with Crippen molar-refractivity contribution in [2.24, 2.45) is 5.14 Å². The first-order valence-corrected chi connectivity index (χ1v) is 11.5. The van der Waals surface area contributed by atoms with E-state index >= 15 is 0 Å². The van der Waals surface area contributed by atoms with Crippen molar-refractivity contribution in [2.75, 3.05) is 10.6 Å². The zero-order valence-corrected chi connectivity index (χ0v) is 19.1. The van der Waals surface area contributed by atoms with Gasteiger partial charge in [0.05, 0.1) is 16.8 Å². The van der Waals surface area contributed by atoms with Crippen LogP contribution in [0.3, 0.4) is 0 Å². The molecule has 0 saturated heterocycles. The number of nitrogens with zero attached hydrogens (tertiary/aromatic N) is 3. The maximum absolute atomic E-state index is 14.9. The number of nitrogens with one attached hydrogen (secondary N) is 3. The Labute approximate surface area is 194 Å². The van der Waals surface area contributed by atoms with Gasteiger partial charge in [0.15, 0.2) is 11.6 Å². The molecule has 4 aromatic rings. The highest BCUT2D eigenvalue weighted by Crippen LogP contribution is 2.31. The number of nitrogens with two attached hydrogens (primary N) is 1. The van der Waals surface area contributed by atoms with Gasteiger partial charge in [-0.1, -0.05) is 23.7 Å². The second kappa shape index (κ2) is 8.77. The van der Waals surface area contributed by atoms with E-state index < -0.39 is 15.8 Å². The third kappa shape index (κ3) is 5.11. The summed E-state index contributed by atoms with van der Waals surface area (Å²) in [5.74, 6) is 0.433. The van der Waals surface area contributed by atoms with Crippen LogP contribution in [0.5, 0.6) is 0 Å². The van der Waals surface area contributed by atoms with Crippen molar-refractivity contribution in [3.8, 4) is 11.1 Å². The molecule has 0 unspecified atom stereocenters. The fourth-order valence-electron chi connectivity index (χ4n) is 3.15. The number of sulfonamides is 1. The number of aromatic nitrogens is 4. The number of aryl methyl sites for hydroxylation is 2. The molecule has 2 heterocycles. The van der Waals surface area contributed by atoms with Crippen molar-refractivity contribution < 1.29 is 12.8 Å². The molecular weight excluding hydrogens is 469 g/mol. The summed E-state index contributed by atoms with van der Waals surface area (Å²) in [5, 5.41) is 18.1. The first kappa shape index (κ1) is 22.6. The minimum Gasteiger partial charge on any atom is -0.322 e. The molecule has 0 fully saturated rings. The van der Waals surface area contributed by atoms with Crippen LogP contribution < -0.4 is 15.8 Å². The summed E-state index contributed by atoms with van der Waals surface area (Å²) in [6.07, 6.45) is 1.39. The van der Waals surface area contributed by atoms with E-state index in [4.69, 9.17) is 16.7 Å². The zero-order chi connectivity index (χ0) is 23.8. The molecule has 2 aromatic carbocycles. The Kier molecular flexibility index (Phi) is 6.02. The van der Waals surface area contributed by atoms with Crippen LogP contribution in [0, 0.1) is 19.7 Å². The molecule has 5 N–H and O–H groups in total. The lowest BCUT2D eigenvalue weighted by Crippen LogP contribution is -2.11. The van der Waals surface area contributed by atoms with Crippen LogP contribution in [0.25, 0.3) is 11.1 Å². The molecule has 9 nitrogen and oxygen atoms in total. The van der Waals surface area contributed by atoms with Gasteiger partial charge in [-0.05, 0) is 54.8 Å². The Hall–Kier alpha value is -3.54. The molecule has 0 atom stereocenters. The SMILES string of the molecule is Cc1cc(Nc2nc(Nc3cc(C)c(-c4ccc(S(N)(=O)=O)cc4)cc3F)ncc2Cl)n[nH]1. The number of H-pyrrole nitrogens is 1. The minimum absolute atomic E-state index is 0.0167. The highest BCUT2D eigenvalue weighted by molar-refractivity contribution is 7.89. The molecule has 33 heavy (non-hydrogen) atoms. The van der Waals surface area contributed by atoms with E-state index in [9.17, 15) is 12.8 Å². The van der Waals surface area contributed by atoms with E-state index in [-0.39, 0.29) is 21.6 Å². The van der Waals surface area contributed by atoms with Crippen molar-refractivity contribution in [3.05, 3.63) is 70.8 Å². The van der Waals surface area contributed by atoms with E-state index in [0.29, 0.717) is 22.8 Å². The summed E-state index contributed by atoms with van der Waals surface area (Å²) >= 11 is 6.17. The predicted octanol–water partition coefficient (Wildman–Crippen LogP) is 4.41. The van der Waals surface area contributed by atoms with E-state index in [0.717, 1.165) is 11.3 Å². The number of hydrogen-bond donors (Lipinski definition) is 4. The van der Waals surface area contributed by atoms with Crippen molar-refractivity contribution in [1.29, 1.82) is 0 Å². The number of aromatic amines is 1. The molecule has 170 valence electrons. The summed E-state index contributed by atoms with van der Waals surface area (Å²) in [5.41, 5.74) is 3.03. The van der Waals surface area contributed by atoms with Crippen LogP contribution in [0.4, 0.5) is 27.7 Å². The average molecular weight is 488 g/mol. The van der Waals surface area contributed by atoms with E-state index in [1.54, 1.807) is 24.3 Å². The van der Waals surface area contributed by atoms with Gasteiger partial charge in [0.2, 0.25) is 16.0 Å². The van der Waals surface area contributed by atoms with Crippen molar-refractivity contribution in [3.63, 3.8) is 0 Å². The maximum atomic E-state index is 14.9. The zero-order valence-electron chi connectivity index (χ0n) is 17.5. The number of anilines is 4. The van der Waals surface area contributed by atoms with Crippen molar-refractivity contribution >= 4 is 44.9 Å². The lowest BCUT2D eigenvalue weighted by Gasteiger charge is -2.13. The number of rotatable bonds is 6. The number of benzene rings is 2. The Morgan fingerprint density at radius 1 is 1.09 bits per heavy atom. The molecule has 12 heteroatoms. The fourth-order valence-corrected chi connectivity index (χ4v) is 3.81. The highest BCUT2D eigenvalue weighted by atomic mass is 35.5. The van der Waals surface area contributed by atoms with Gasteiger partial charge < -0.3 is 10.6 Å². The molecule has 0 aliphatic carbocycles. The van der Waals surface area contributed by atoms with Gasteiger partial charge in [-0.2, -0.15) is 10.1 Å². The number of halogens is 2. The quantitative estimate of drug-likeness (QED) is 0.316. The second-order valence-corrected chi connectivity index (χ2v) is 9.26. The van der Waals surface area contributed by atoms with Crippen molar-refractivity contribution in [1.82, 2.24) is 20.2 Å². The third-order valence-corrected chi connectivity index (χ3v) is 5.96. The molecule has 0 saturated carbocycles. The average Bonchev–Trinajstić information content (AvgIpc) is 3.17. The lowest BCUT2D eigenvalue weighted by atomic mass is 10.00. The molecule has 0 aliphatic heterocycles. The Morgan fingerprint density at radius 3 is 2.45 bits per heavy atom. The standard InChI is InChI=1S/C21H19ClFN7O2S/c1-11-7-18(17(23)9-15(11)13-3-5-14(6-4-13)33(24,31)32)26-21-25-10-16(22)20(28-21)27-19-8-12(2)29-30-19/h3-10H,1-2H3,(H2,24,31,32)(H3,25,26,27,28,29,30). The fraction of sp³-hybridized carbons (Fsp3) is 0.0952. The monoisotopic (exact) mass is 487 g/mol. The van der Waals surface area contributed by atoms with E-state index in [2.05, 4.69) is 30.8 Å². The maximum Gasteiger partial charge on any atom is 0.238 e. The molecule has 0 amide bonds. The number of hydrogen-bond acceptors (Lipinski definition) is 7. The second-order valence-electron chi connectivity index (χ2n) is 7.29. The molecule has 4 rings (SSSR count). The first-order chi connectivity index (χ1) is 15.6. The van der Waals surface area contributed by atoms with Gasteiger partial charge in [0.1, 0.15) is 10.8 Å². The normalized spacial score (nSPS) is 11.4. The molecule has 0 spiro atoms. The highest BCUT2D eigenvalue weighted by Gasteiger charge is 2.14. The van der Waals surface area contributed by atoms with Crippen molar-refractivity contribution in [2.45, 2.75) is 18.7 Å². The van der Waals surface area contributed by atoms with Gasteiger partial charge in [0.25, 0.3) is 0 Å². The van der Waals surface area contributed by atoms with Crippen LogP contribution in [-0.4, -0.2) is 28.6 Å². The van der Waals surface area contributed by atoms with Gasteiger partial charge in [0, 0.05) is 11.8 Å². The minimum atomic E-state index is -3.81. The summed E-state index contributed by atoms with van der Waals surface area (Å²) in [6, 6.07) is 10.7. The van der Waals surface area contributed by atoms with Gasteiger partial charge in [-0.3, -0.25) is 5.10 Å². The molecule has 0 radical (unpaired) electrons. The van der Waals surface area contributed by atoms with Gasteiger partial charge in [-0.25, -0.2) is 22.9 Å². The summed E-state index contributed by atoms with van der Waals surface area (Å²) in [7, 11) is -3.81. The van der Waals surface area contributed by atoms with Crippen LogP contribution >= 0.6 is 11.6 Å². The molecule has 0 bridgehead atoms. The van der Waals surface area contributed by atoms with Crippen LogP contribution in [0.2, 0.25) is 5.02 Å². The third-order valence-electron chi connectivity index (χ3n) is 4.75. The van der Waals surface area contributed by atoms with Crippen LogP contribution in [0.15, 0.2) is 53.6 Å². The van der Waals surface area contributed by atoms with Gasteiger partial charge in [-0.15, -0.1) is 0 Å². The van der Waals surface area contributed by atoms with E-state index in [1.165, 1.54) is 24.4 Å². The Bertz CT molecular complexity index is 1440. The van der Waals surface area contributed by atoms with E-state index in [1.807, 2.05) is 13.8 Å². The largest absolute Gasteiger partial charge is 0.322 e. The smallest absolute Gasteiger partial charge is 0.238 e.